The summed E-state index contributed by atoms with van der Waals surface area (Å²) in [4.78, 5) is 0. The predicted octanol–water partition coefficient (Wildman–Crippen LogP) is -2.21. The fourth-order valence-electron chi connectivity index (χ4n) is 0. The summed E-state index contributed by atoms with van der Waals surface area (Å²) in [6.07, 6.45) is 0. The van der Waals surface area contributed by atoms with E-state index in [-0.39, 0.29) is 72.3 Å². The molecule has 0 aromatic rings. The molecule has 0 rings (SSSR count). The first kappa shape index (κ1) is 37.4. The molecule has 4 heavy (non-hydrogen) atoms. The van der Waals surface area contributed by atoms with Crippen LogP contribution in [0, 0.1) is 35.6 Å². The molecule has 0 heterocycles. The van der Waals surface area contributed by atoms with Crippen molar-refractivity contribution in [1.82, 2.24) is 0 Å². The normalized spacial score (nSPS) is 0. The third-order valence-electron chi connectivity index (χ3n) is 0. The molecule has 0 unspecified atom stereocenters. The van der Waals surface area contributed by atoms with E-state index in [1.807, 2.05) is 0 Å². The first-order valence-corrected chi connectivity index (χ1v) is 0. The molecule has 0 amide bonds. The summed E-state index contributed by atoms with van der Waals surface area (Å²) in [6, 6.07) is 0. The van der Waals surface area contributed by atoms with E-state index < -0.39 is 0 Å². The van der Waals surface area contributed by atoms with E-state index in [1.54, 1.807) is 0 Å². The van der Waals surface area contributed by atoms with Crippen molar-refractivity contribution in [3.8, 4) is 0 Å². The maximum absolute atomic E-state index is 0. The second kappa shape index (κ2) is 19.9. The van der Waals surface area contributed by atoms with Crippen molar-refractivity contribution in [2.75, 3.05) is 0 Å². The van der Waals surface area contributed by atoms with Crippen LogP contribution in [0.5, 0.6) is 0 Å². The Labute approximate surface area is 71.4 Å². The van der Waals surface area contributed by atoms with Crippen LogP contribution < -0.4 is 0 Å². The van der Waals surface area contributed by atoms with Crippen LogP contribution in [-0.2, 0) is 0 Å². The van der Waals surface area contributed by atoms with Gasteiger partial charge in [-0.3, -0.25) is 0 Å². The first-order valence-electron chi connectivity index (χ1n) is 0. The smallest absolute Gasteiger partial charge is 0.0125 e. The third-order valence-corrected chi connectivity index (χ3v) is 0. The largest absolute Gasteiger partial charge is 0.0854 e. The van der Waals surface area contributed by atoms with Gasteiger partial charge in [-0.2, -0.15) is 0 Å². The molecule has 0 nitrogen and oxygen atoms in total. The summed E-state index contributed by atoms with van der Waals surface area (Å²) in [5.41, 5.74) is 0. The van der Waals surface area contributed by atoms with Crippen LogP contribution in [0.4, 0.5) is 0 Å². The third kappa shape index (κ3) is 8.99. The molecule has 0 spiro atoms. The van der Waals surface area contributed by atoms with Crippen molar-refractivity contribution < 1.29 is 35.6 Å². The zero-order valence-electron chi connectivity index (χ0n) is 2.86. The second-order valence-corrected chi connectivity index (χ2v) is 0. The molecular formula is H4AlBLaSi. The van der Waals surface area contributed by atoms with E-state index in [2.05, 4.69) is 0 Å². The minimum Gasteiger partial charge on any atom is -0.0125 e. The van der Waals surface area contributed by atoms with E-state index in [9.17, 15) is 0 Å². The quantitative estimate of drug-likeness (QED) is 0.396. The van der Waals surface area contributed by atoms with Crippen LogP contribution in [0.3, 0.4) is 0 Å². The SMILES string of the molecule is [AlH].[B].[La].[SiH3]. The van der Waals surface area contributed by atoms with Gasteiger partial charge in [0.1, 0.15) is 0 Å². The summed E-state index contributed by atoms with van der Waals surface area (Å²) in [7, 11) is 0. The van der Waals surface area contributed by atoms with Crippen molar-refractivity contribution in [1.29, 1.82) is 0 Å². The van der Waals surface area contributed by atoms with Gasteiger partial charge in [-0.1, -0.05) is 0 Å². The second-order valence-electron chi connectivity index (χ2n) is 0. The summed E-state index contributed by atoms with van der Waals surface area (Å²) < 4.78 is 0. The molecule has 0 aliphatic carbocycles. The zero-order chi connectivity index (χ0) is 0. The van der Waals surface area contributed by atoms with Gasteiger partial charge in [0.25, 0.3) is 0 Å². The Bertz CT molecular complexity index is 8.00. The van der Waals surface area contributed by atoms with E-state index in [1.165, 1.54) is 0 Å². The topological polar surface area (TPSA) is 0 Å². The molecule has 0 aromatic carbocycles. The van der Waals surface area contributed by atoms with Gasteiger partial charge in [0.2, 0.25) is 0 Å². The van der Waals surface area contributed by atoms with Gasteiger partial charge in [-0.25, -0.2) is 0 Å². The van der Waals surface area contributed by atoms with Gasteiger partial charge in [-0.15, -0.1) is 0 Å². The molecule has 0 saturated heterocycles. The van der Waals surface area contributed by atoms with Crippen molar-refractivity contribution in [2.24, 2.45) is 0 Å². The van der Waals surface area contributed by atoms with E-state index in [4.69, 9.17) is 0 Å². The van der Waals surface area contributed by atoms with Crippen LogP contribution in [-0.4, -0.2) is 36.7 Å². The molecule has 0 N–H and O–H groups in total. The number of hydrogen-bond acceptors (Lipinski definition) is 0. The fourth-order valence-corrected chi connectivity index (χ4v) is 0. The Morgan fingerprint density at radius 3 is 1.00 bits per heavy atom. The Hall–Kier alpha value is 2.01. The summed E-state index contributed by atoms with van der Waals surface area (Å²) in [5.74, 6) is 0. The molecule has 4 heteroatoms. The molecule has 0 atom stereocenters. The van der Waals surface area contributed by atoms with E-state index >= 15 is 0 Å². The van der Waals surface area contributed by atoms with Crippen LogP contribution in [0.25, 0.3) is 0 Å². The molecule has 7 radical (unpaired) electrons. The maximum Gasteiger partial charge on any atom is 0.0854 e. The van der Waals surface area contributed by atoms with Crippen molar-refractivity contribution in [2.45, 2.75) is 0 Å². The minimum atomic E-state index is 0. The predicted molar refractivity (Wildman–Crippen MR) is 22.8 cm³/mol. The minimum absolute atomic E-state index is 0. The van der Waals surface area contributed by atoms with Crippen LogP contribution in [0.1, 0.15) is 0 Å². The average Bonchev–Trinajstić information content (AvgIpc) is 0. The number of rotatable bonds is 0. The standard InChI is InChI=1S/Al.B.La.H3Si.H/h;;;1H3;. The summed E-state index contributed by atoms with van der Waals surface area (Å²) in [6.45, 7) is 0. The Kier molecular flexibility index (Phi) is 186. The zero-order valence-corrected chi connectivity index (χ0v) is 9.90. The van der Waals surface area contributed by atoms with Crippen molar-refractivity contribution in [3.63, 3.8) is 0 Å². The molecular weight excluding hydrogens is 205 g/mol. The average molecular weight is 209 g/mol. The van der Waals surface area contributed by atoms with Crippen molar-refractivity contribution in [3.05, 3.63) is 0 Å². The Morgan fingerprint density at radius 2 is 1.00 bits per heavy atom. The van der Waals surface area contributed by atoms with Gasteiger partial charge in [0.05, 0.1) is 17.4 Å². The van der Waals surface area contributed by atoms with Gasteiger partial charge < -0.3 is 0 Å². The molecule has 0 aliphatic heterocycles. The monoisotopic (exact) mass is 209 g/mol. The molecule has 0 aromatic heterocycles. The molecule has 17 valence electrons. The Balaban J connectivity index is 0. The van der Waals surface area contributed by atoms with Crippen LogP contribution in [0.2, 0.25) is 0 Å². The van der Waals surface area contributed by atoms with Gasteiger partial charge in [0.15, 0.2) is 0 Å². The van der Waals surface area contributed by atoms with Crippen molar-refractivity contribution >= 4 is 36.7 Å². The maximum atomic E-state index is 0. The molecule has 0 aliphatic rings. The first-order chi connectivity index (χ1) is 0. The molecule has 0 saturated carbocycles. The summed E-state index contributed by atoms with van der Waals surface area (Å²) in [5, 5.41) is 0. The number of hydrogen-bond donors (Lipinski definition) is 0. The fraction of sp³-hybridized carbons (Fsp3) is 0. The van der Waals surface area contributed by atoms with E-state index in [0.29, 0.717) is 0 Å². The van der Waals surface area contributed by atoms with E-state index in [0.717, 1.165) is 0 Å². The van der Waals surface area contributed by atoms with Gasteiger partial charge >= 0.3 is 0 Å². The molecule has 0 bridgehead atoms. The molecule has 0 fully saturated rings. The van der Waals surface area contributed by atoms with Gasteiger partial charge in [0, 0.05) is 44.0 Å². The van der Waals surface area contributed by atoms with Crippen LogP contribution in [0.15, 0.2) is 0 Å². The Morgan fingerprint density at radius 1 is 1.00 bits per heavy atom. The van der Waals surface area contributed by atoms with Crippen LogP contribution >= 0.6 is 0 Å². The van der Waals surface area contributed by atoms with Gasteiger partial charge in [-0.05, 0) is 11.0 Å². The summed E-state index contributed by atoms with van der Waals surface area (Å²) >= 11 is 0.